The van der Waals surface area contributed by atoms with Crippen LogP contribution in [0.25, 0.3) is 22.6 Å². The molecule has 150 valence electrons. The molecule has 1 N–H and O–H groups in total. The van der Waals surface area contributed by atoms with Crippen molar-refractivity contribution in [1.82, 2.24) is 4.98 Å². The Balaban J connectivity index is 1.60. The van der Waals surface area contributed by atoms with Crippen molar-refractivity contribution in [2.45, 2.75) is 6.92 Å². The summed E-state index contributed by atoms with van der Waals surface area (Å²) < 4.78 is 10.8. The molecular formula is C22H17N3O5. The number of nitrogens with zero attached hydrogens (tertiary/aromatic N) is 2. The molecule has 0 saturated heterocycles. The zero-order valence-corrected chi connectivity index (χ0v) is 16.2. The van der Waals surface area contributed by atoms with E-state index in [9.17, 15) is 14.9 Å². The Hall–Kier alpha value is -4.20. The molecule has 0 saturated carbocycles. The van der Waals surface area contributed by atoms with Crippen LogP contribution in [0.15, 0.2) is 65.1 Å². The molecule has 4 aromatic rings. The van der Waals surface area contributed by atoms with Crippen molar-refractivity contribution >= 4 is 28.4 Å². The Labute approximate surface area is 171 Å². The predicted molar refractivity (Wildman–Crippen MR) is 112 cm³/mol. The summed E-state index contributed by atoms with van der Waals surface area (Å²) in [4.78, 5) is 27.6. The summed E-state index contributed by atoms with van der Waals surface area (Å²) in [7, 11) is 1.33. The molecule has 3 aromatic carbocycles. The maximum atomic E-state index is 12.6. The highest BCUT2D eigenvalue weighted by Gasteiger charge is 2.18. The van der Waals surface area contributed by atoms with Crippen molar-refractivity contribution < 1.29 is 18.9 Å². The topological polar surface area (TPSA) is 108 Å². The lowest BCUT2D eigenvalue weighted by atomic mass is 10.1. The molecule has 4 rings (SSSR count). The molecule has 8 heteroatoms. The summed E-state index contributed by atoms with van der Waals surface area (Å²) in [6, 6.07) is 16.9. The SMILES string of the molecule is COc1ccc(C(=O)Nc2ccc3nc(-c4cccc(C)c4)oc3c2)cc1[N+](=O)[O-]. The number of carbonyl (C=O) groups is 1. The van der Waals surface area contributed by atoms with Crippen LogP contribution < -0.4 is 10.1 Å². The van der Waals surface area contributed by atoms with Crippen LogP contribution >= 0.6 is 0 Å². The summed E-state index contributed by atoms with van der Waals surface area (Å²) in [5.74, 6) is 0.0878. The molecule has 8 nitrogen and oxygen atoms in total. The summed E-state index contributed by atoms with van der Waals surface area (Å²) in [6.07, 6.45) is 0. The first kappa shape index (κ1) is 19.1. The van der Waals surface area contributed by atoms with Gasteiger partial charge < -0.3 is 14.5 Å². The normalized spacial score (nSPS) is 10.7. The molecule has 1 amide bonds. The average Bonchev–Trinajstić information content (AvgIpc) is 3.16. The third-order valence-corrected chi connectivity index (χ3v) is 4.55. The van der Waals surface area contributed by atoms with E-state index in [1.165, 1.54) is 25.3 Å². The smallest absolute Gasteiger partial charge is 0.311 e. The number of anilines is 1. The molecule has 0 spiro atoms. The molecule has 30 heavy (non-hydrogen) atoms. The number of benzene rings is 3. The first-order chi connectivity index (χ1) is 14.4. The number of nitrogens with one attached hydrogen (secondary N) is 1. The molecule has 1 heterocycles. The molecule has 0 radical (unpaired) electrons. The fourth-order valence-electron chi connectivity index (χ4n) is 3.08. The van der Waals surface area contributed by atoms with Crippen LogP contribution in [-0.4, -0.2) is 22.9 Å². The molecule has 1 aromatic heterocycles. The van der Waals surface area contributed by atoms with Gasteiger partial charge in [0.25, 0.3) is 5.91 Å². The van der Waals surface area contributed by atoms with Crippen molar-refractivity contribution in [3.05, 3.63) is 81.9 Å². The molecule has 0 bridgehead atoms. The van der Waals surface area contributed by atoms with E-state index in [1.807, 2.05) is 31.2 Å². The Morgan fingerprint density at radius 2 is 1.97 bits per heavy atom. The van der Waals surface area contributed by atoms with Crippen LogP contribution in [0.1, 0.15) is 15.9 Å². The monoisotopic (exact) mass is 403 g/mol. The van der Waals surface area contributed by atoms with Crippen LogP contribution in [0.4, 0.5) is 11.4 Å². The molecule has 0 fully saturated rings. The maximum absolute atomic E-state index is 12.6. The van der Waals surface area contributed by atoms with E-state index in [2.05, 4.69) is 10.3 Å². The number of rotatable bonds is 5. The number of fused-ring (bicyclic) bond motifs is 1. The van der Waals surface area contributed by atoms with Gasteiger partial charge in [-0.2, -0.15) is 0 Å². The largest absolute Gasteiger partial charge is 0.490 e. The third-order valence-electron chi connectivity index (χ3n) is 4.55. The number of ether oxygens (including phenoxy) is 1. The first-order valence-electron chi connectivity index (χ1n) is 9.06. The molecule has 0 aliphatic carbocycles. The zero-order valence-electron chi connectivity index (χ0n) is 16.2. The predicted octanol–water partition coefficient (Wildman–Crippen LogP) is 4.97. The fraction of sp³-hybridized carbons (Fsp3) is 0.0909. The summed E-state index contributed by atoms with van der Waals surface area (Å²) in [5.41, 5.74) is 3.48. The van der Waals surface area contributed by atoms with Gasteiger partial charge >= 0.3 is 5.69 Å². The number of hydrogen-bond acceptors (Lipinski definition) is 6. The average molecular weight is 403 g/mol. The van der Waals surface area contributed by atoms with Crippen molar-refractivity contribution in [2.24, 2.45) is 0 Å². The van der Waals surface area contributed by atoms with Gasteiger partial charge in [-0.25, -0.2) is 4.98 Å². The lowest BCUT2D eigenvalue weighted by Crippen LogP contribution is -2.12. The van der Waals surface area contributed by atoms with Gasteiger partial charge in [0.1, 0.15) is 5.52 Å². The van der Waals surface area contributed by atoms with Crippen LogP contribution in [0, 0.1) is 17.0 Å². The van der Waals surface area contributed by atoms with Gasteiger partial charge in [-0.3, -0.25) is 14.9 Å². The molecule has 0 aliphatic rings. The highest BCUT2D eigenvalue weighted by Crippen LogP contribution is 2.29. The lowest BCUT2D eigenvalue weighted by molar-refractivity contribution is -0.385. The number of aromatic nitrogens is 1. The van der Waals surface area contributed by atoms with E-state index < -0.39 is 10.8 Å². The van der Waals surface area contributed by atoms with Crippen LogP contribution in [0.2, 0.25) is 0 Å². The van der Waals surface area contributed by atoms with Gasteiger partial charge in [0.05, 0.1) is 12.0 Å². The van der Waals surface area contributed by atoms with Gasteiger partial charge in [-0.1, -0.05) is 17.7 Å². The molecule has 0 aliphatic heterocycles. The zero-order chi connectivity index (χ0) is 21.3. The second kappa shape index (κ2) is 7.67. The van der Waals surface area contributed by atoms with Gasteiger partial charge in [0, 0.05) is 28.9 Å². The Kier molecular flexibility index (Phi) is 4.89. The van der Waals surface area contributed by atoms with E-state index in [-0.39, 0.29) is 17.0 Å². The van der Waals surface area contributed by atoms with Gasteiger partial charge in [-0.15, -0.1) is 0 Å². The maximum Gasteiger partial charge on any atom is 0.311 e. The minimum absolute atomic E-state index is 0.0864. The highest BCUT2D eigenvalue weighted by molar-refractivity contribution is 6.05. The highest BCUT2D eigenvalue weighted by atomic mass is 16.6. The summed E-state index contributed by atoms with van der Waals surface area (Å²) in [6.45, 7) is 1.99. The second-order valence-corrected chi connectivity index (χ2v) is 6.67. The van der Waals surface area contributed by atoms with Crippen molar-refractivity contribution in [1.29, 1.82) is 0 Å². The van der Waals surface area contributed by atoms with Gasteiger partial charge in [0.15, 0.2) is 11.3 Å². The van der Waals surface area contributed by atoms with Crippen LogP contribution in [0.3, 0.4) is 0 Å². The number of nitro benzene ring substituents is 1. The standard InChI is InChI=1S/C22H17N3O5/c1-13-4-3-5-15(10-13)22-24-17-8-7-16(12-20(17)30-22)23-21(26)14-6-9-19(29-2)18(11-14)25(27)28/h3-12H,1-2H3,(H,23,26). The first-order valence-corrected chi connectivity index (χ1v) is 9.06. The van der Waals surface area contributed by atoms with E-state index in [1.54, 1.807) is 18.2 Å². The van der Waals surface area contributed by atoms with Crippen molar-refractivity contribution in [3.63, 3.8) is 0 Å². The molecule has 0 unspecified atom stereocenters. The number of nitro groups is 1. The quantitative estimate of drug-likeness (QED) is 0.372. The van der Waals surface area contributed by atoms with Crippen molar-refractivity contribution in [2.75, 3.05) is 12.4 Å². The number of carbonyl (C=O) groups excluding carboxylic acids is 1. The molecular weight excluding hydrogens is 386 g/mol. The number of amides is 1. The molecule has 0 atom stereocenters. The van der Waals surface area contributed by atoms with Gasteiger partial charge in [0.2, 0.25) is 5.89 Å². The van der Waals surface area contributed by atoms with Gasteiger partial charge in [-0.05, 0) is 43.3 Å². The van der Waals surface area contributed by atoms with Crippen LogP contribution in [0.5, 0.6) is 5.75 Å². The second-order valence-electron chi connectivity index (χ2n) is 6.67. The van der Waals surface area contributed by atoms with E-state index >= 15 is 0 Å². The number of methoxy groups -OCH3 is 1. The third kappa shape index (κ3) is 3.70. The Morgan fingerprint density at radius 3 is 2.70 bits per heavy atom. The van der Waals surface area contributed by atoms with E-state index in [0.29, 0.717) is 22.7 Å². The van der Waals surface area contributed by atoms with Crippen molar-refractivity contribution in [3.8, 4) is 17.2 Å². The fourth-order valence-corrected chi connectivity index (χ4v) is 3.08. The van der Waals surface area contributed by atoms with Crippen LogP contribution in [-0.2, 0) is 0 Å². The summed E-state index contributed by atoms with van der Waals surface area (Å²) >= 11 is 0. The number of aryl methyl sites for hydroxylation is 1. The Bertz CT molecular complexity index is 1280. The number of oxazole rings is 1. The Morgan fingerprint density at radius 1 is 1.13 bits per heavy atom. The number of hydrogen-bond donors (Lipinski definition) is 1. The van der Waals surface area contributed by atoms with E-state index in [0.717, 1.165) is 11.1 Å². The minimum Gasteiger partial charge on any atom is -0.490 e. The lowest BCUT2D eigenvalue weighted by Gasteiger charge is -2.06. The summed E-state index contributed by atoms with van der Waals surface area (Å²) in [5, 5.41) is 13.9. The van der Waals surface area contributed by atoms with E-state index in [4.69, 9.17) is 9.15 Å². The minimum atomic E-state index is -0.594.